The molecule has 70 valence electrons. The van der Waals surface area contributed by atoms with Crippen LogP contribution in [0.3, 0.4) is 0 Å². The second kappa shape index (κ2) is 3.37. The smallest absolute Gasteiger partial charge is 0.0903 e. The molecule has 4 atom stereocenters. The Hall–Kier alpha value is -0.0400. The van der Waals surface area contributed by atoms with Crippen molar-refractivity contribution in [3.05, 3.63) is 0 Å². The predicted molar refractivity (Wildman–Crippen MR) is 51.3 cm³/mol. The van der Waals surface area contributed by atoms with Crippen LogP contribution >= 0.6 is 0 Å². The lowest BCUT2D eigenvalue weighted by Crippen LogP contribution is -3.18. The highest BCUT2D eigenvalue weighted by atomic mass is 15.2. The minimum Gasteiger partial charge on any atom is -0.333 e. The van der Waals surface area contributed by atoms with Crippen LogP contribution in [0.25, 0.3) is 0 Å². The van der Waals surface area contributed by atoms with E-state index >= 15 is 0 Å². The zero-order chi connectivity index (χ0) is 8.55. The van der Waals surface area contributed by atoms with Gasteiger partial charge >= 0.3 is 0 Å². The van der Waals surface area contributed by atoms with Crippen molar-refractivity contribution in [3.8, 4) is 0 Å². The van der Waals surface area contributed by atoms with Gasteiger partial charge in [0.15, 0.2) is 0 Å². The first-order chi connectivity index (χ1) is 5.79. The molecule has 0 spiro atoms. The van der Waals surface area contributed by atoms with Gasteiger partial charge in [0.1, 0.15) is 0 Å². The molecule has 0 amide bonds. The maximum Gasteiger partial charge on any atom is 0.0903 e. The lowest BCUT2D eigenvalue weighted by molar-refractivity contribution is -0.940. The van der Waals surface area contributed by atoms with Crippen molar-refractivity contribution in [2.45, 2.75) is 57.5 Å². The Kier molecular flexibility index (Phi) is 2.40. The molecular formula is C11H22N+. The van der Waals surface area contributed by atoms with Gasteiger partial charge in [0, 0.05) is 5.92 Å². The van der Waals surface area contributed by atoms with Gasteiger partial charge in [-0.1, -0.05) is 6.42 Å². The summed E-state index contributed by atoms with van der Waals surface area (Å²) in [5, 5.41) is 0. The van der Waals surface area contributed by atoms with Crippen molar-refractivity contribution in [1.29, 1.82) is 0 Å². The highest BCUT2D eigenvalue weighted by Crippen LogP contribution is 2.29. The van der Waals surface area contributed by atoms with Gasteiger partial charge in [0.25, 0.3) is 0 Å². The Morgan fingerprint density at radius 2 is 1.75 bits per heavy atom. The number of likely N-dealkylation sites (tertiary alicyclic amines) is 1. The number of piperidine rings is 1. The number of hydrogen-bond donors (Lipinski definition) is 1. The average Bonchev–Trinajstić information content (AvgIpc) is 2.12. The fraction of sp³-hybridized carbons (Fsp3) is 1.00. The van der Waals surface area contributed by atoms with Crippen molar-refractivity contribution in [2.75, 3.05) is 7.05 Å². The van der Waals surface area contributed by atoms with E-state index in [0.717, 1.165) is 18.0 Å². The molecule has 1 aliphatic heterocycles. The zero-order valence-electron chi connectivity index (χ0n) is 8.47. The molecule has 1 N–H and O–H groups in total. The van der Waals surface area contributed by atoms with Crippen LogP contribution in [0, 0.1) is 5.92 Å². The molecule has 1 saturated carbocycles. The van der Waals surface area contributed by atoms with E-state index in [1.165, 1.54) is 38.5 Å². The minimum atomic E-state index is 0.921. The highest BCUT2D eigenvalue weighted by molar-refractivity contribution is 4.78. The normalized spacial score (nSPS) is 48.5. The first-order valence-corrected chi connectivity index (χ1v) is 5.62. The molecule has 1 heteroatoms. The van der Waals surface area contributed by atoms with Crippen LogP contribution in [-0.4, -0.2) is 19.1 Å². The lowest BCUT2D eigenvalue weighted by atomic mass is 9.77. The van der Waals surface area contributed by atoms with E-state index in [1.807, 2.05) is 4.90 Å². The summed E-state index contributed by atoms with van der Waals surface area (Å²) in [6.45, 7) is 2.42. The van der Waals surface area contributed by atoms with Gasteiger partial charge in [-0.2, -0.15) is 0 Å². The van der Waals surface area contributed by atoms with Crippen LogP contribution in [0.15, 0.2) is 0 Å². The van der Waals surface area contributed by atoms with Gasteiger partial charge in [-0.25, -0.2) is 0 Å². The summed E-state index contributed by atoms with van der Waals surface area (Å²) < 4.78 is 0. The van der Waals surface area contributed by atoms with Crippen molar-refractivity contribution in [3.63, 3.8) is 0 Å². The molecular weight excluding hydrogens is 146 g/mol. The van der Waals surface area contributed by atoms with E-state index < -0.39 is 0 Å². The second-order valence-electron chi connectivity index (χ2n) is 4.87. The van der Waals surface area contributed by atoms with E-state index in [-0.39, 0.29) is 0 Å². The second-order valence-corrected chi connectivity index (χ2v) is 4.87. The van der Waals surface area contributed by atoms with E-state index in [4.69, 9.17) is 0 Å². The molecule has 1 nitrogen and oxygen atoms in total. The standard InChI is InChI=1S/C11H21N/c1-9-7-8-10-5-3-4-6-11(10)12(9)2/h9-11H,3-8H2,1-2H3/p+1. The summed E-state index contributed by atoms with van der Waals surface area (Å²) in [4.78, 5) is 1.82. The first-order valence-electron chi connectivity index (χ1n) is 5.62. The summed E-state index contributed by atoms with van der Waals surface area (Å²) in [5.41, 5.74) is 0. The largest absolute Gasteiger partial charge is 0.333 e. The number of fused-ring (bicyclic) bond motifs is 1. The zero-order valence-corrected chi connectivity index (χ0v) is 8.47. The third-order valence-electron chi connectivity index (χ3n) is 4.24. The maximum atomic E-state index is 2.42. The summed E-state index contributed by atoms with van der Waals surface area (Å²) in [6.07, 6.45) is 9.00. The Labute approximate surface area is 76.1 Å². The van der Waals surface area contributed by atoms with Crippen LogP contribution in [0.1, 0.15) is 45.4 Å². The van der Waals surface area contributed by atoms with E-state index in [0.29, 0.717) is 0 Å². The van der Waals surface area contributed by atoms with Crippen LogP contribution in [0.5, 0.6) is 0 Å². The molecule has 12 heavy (non-hydrogen) atoms. The fourth-order valence-corrected chi connectivity index (χ4v) is 3.21. The number of rotatable bonds is 0. The fourth-order valence-electron chi connectivity index (χ4n) is 3.21. The van der Waals surface area contributed by atoms with Gasteiger partial charge in [0.2, 0.25) is 0 Å². The number of nitrogens with one attached hydrogen (secondary N) is 1. The summed E-state index contributed by atoms with van der Waals surface area (Å²) in [5.74, 6) is 1.08. The molecule has 1 saturated heterocycles. The molecule has 1 heterocycles. The van der Waals surface area contributed by atoms with Crippen LogP contribution in [-0.2, 0) is 0 Å². The number of quaternary nitrogens is 1. The van der Waals surface area contributed by atoms with Crippen molar-refractivity contribution < 1.29 is 4.90 Å². The van der Waals surface area contributed by atoms with Crippen molar-refractivity contribution >= 4 is 0 Å². The Morgan fingerprint density at radius 3 is 2.58 bits per heavy atom. The Morgan fingerprint density at radius 1 is 1.00 bits per heavy atom. The minimum absolute atomic E-state index is 0.921. The highest BCUT2D eigenvalue weighted by Gasteiger charge is 2.37. The van der Waals surface area contributed by atoms with Crippen molar-refractivity contribution in [2.24, 2.45) is 5.92 Å². The average molecular weight is 168 g/mol. The lowest BCUT2D eigenvalue weighted by Gasteiger charge is -2.42. The SMILES string of the molecule is CC1CCC2CCCCC2[NH+]1C. The van der Waals surface area contributed by atoms with E-state index in [1.54, 1.807) is 0 Å². The van der Waals surface area contributed by atoms with E-state index in [2.05, 4.69) is 14.0 Å². The van der Waals surface area contributed by atoms with Gasteiger partial charge in [-0.05, 0) is 39.0 Å². The molecule has 1 aliphatic carbocycles. The number of hydrogen-bond acceptors (Lipinski definition) is 0. The van der Waals surface area contributed by atoms with Crippen LogP contribution < -0.4 is 4.90 Å². The molecule has 0 radical (unpaired) electrons. The molecule has 2 rings (SSSR count). The quantitative estimate of drug-likeness (QED) is 0.555. The van der Waals surface area contributed by atoms with Crippen molar-refractivity contribution in [1.82, 2.24) is 0 Å². The maximum absolute atomic E-state index is 2.42. The topological polar surface area (TPSA) is 4.44 Å². The Bertz CT molecular complexity index is 153. The van der Waals surface area contributed by atoms with Gasteiger partial charge in [0.05, 0.1) is 19.1 Å². The Balaban J connectivity index is 2.03. The van der Waals surface area contributed by atoms with E-state index in [9.17, 15) is 0 Å². The molecule has 0 aromatic rings. The first kappa shape index (κ1) is 8.55. The molecule has 0 bridgehead atoms. The molecule has 2 aliphatic rings. The summed E-state index contributed by atoms with van der Waals surface area (Å²) >= 11 is 0. The molecule has 0 aromatic heterocycles. The predicted octanol–water partition coefficient (Wildman–Crippen LogP) is 1.24. The third kappa shape index (κ3) is 1.39. The molecule has 2 fully saturated rings. The summed E-state index contributed by atoms with van der Waals surface area (Å²) in [7, 11) is 2.41. The van der Waals surface area contributed by atoms with Gasteiger partial charge in [-0.3, -0.25) is 0 Å². The molecule has 0 aromatic carbocycles. The summed E-state index contributed by atoms with van der Waals surface area (Å²) in [6, 6.07) is 1.94. The van der Waals surface area contributed by atoms with Gasteiger partial charge in [-0.15, -0.1) is 0 Å². The monoisotopic (exact) mass is 168 g/mol. The van der Waals surface area contributed by atoms with Gasteiger partial charge < -0.3 is 4.90 Å². The third-order valence-corrected chi connectivity index (χ3v) is 4.24. The van der Waals surface area contributed by atoms with Crippen LogP contribution in [0.4, 0.5) is 0 Å². The van der Waals surface area contributed by atoms with Crippen LogP contribution in [0.2, 0.25) is 0 Å². The molecule has 4 unspecified atom stereocenters.